The van der Waals surface area contributed by atoms with E-state index in [0.717, 1.165) is 32.0 Å². The first-order valence-electron chi connectivity index (χ1n) is 6.37. The van der Waals surface area contributed by atoms with Crippen molar-refractivity contribution in [1.29, 1.82) is 5.26 Å². The molecule has 1 aliphatic heterocycles. The second kappa shape index (κ2) is 4.95. The largest absolute Gasteiger partial charge is 0.354 e. The van der Waals surface area contributed by atoms with Gasteiger partial charge in [-0.2, -0.15) is 5.26 Å². The van der Waals surface area contributed by atoms with E-state index in [1.807, 2.05) is 26.1 Å². The van der Waals surface area contributed by atoms with Gasteiger partial charge in [0.2, 0.25) is 0 Å². The van der Waals surface area contributed by atoms with Gasteiger partial charge < -0.3 is 4.90 Å². The third kappa shape index (κ3) is 2.62. The van der Waals surface area contributed by atoms with E-state index < -0.39 is 0 Å². The number of rotatable bonds is 2. The second-order valence-electron chi connectivity index (χ2n) is 5.34. The van der Waals surface area contributed by atoms with E-state index in [2.05, 4.69) is 33.8 Å². The Labute approximate surface area is 109 Å². The van der Waals surface area contributed by atoms with Crippen molar-refractivity contribution >= 4 is 5.82 Å². The maximum absolute atomic E-state index is 9.15. The molecule has 1 fully saturated rings. The molecule has 0 N–H and O–H groups in total. The summed E-state index contributed by atoms with van der Waals surface area (Å²) in [6.07, 6.45) is 1.86. The van der Waals surface area contributed by atoms with Gasteiger partial charge in [-0.05, 0) is 38.5 Å². The van der Waals surface area contributed by atoms with Crippen LogP contribution < -0.4 is 4.90 Å². The van der Waals surface area contributed by atoms with E-state index in [1.54, 1.807) is 0 Å². The normalized spacial score (nSPS) is 17.6. The molecular formula is C14H20N4. The van der Waals surface area contributed by atoms with Crippen LogP contribution in [-0.4, -0.2) is 41.6 Å². The van der Waals surface area contributed by atoms with Gasteiger partial charge in [0.05, 0.1) is 6.07 Å². The molecule has 0 radical (unpaired) electrons. The number of anilines is 1. The smallest absolute Gasteiger partial charge is 0.128 e. The molecule has 1 saturated heterocycles. The summed E-state index contributed by atoms with van der Waals surface area (Å²) in [6.45, 7) is 9.73. The highest BCUT2D eigenvalue weighted by Crippen LogP contribution is 2.19. The zero-order valence-corrected chi connectivity index (χ0v) is 11.3. The molecule has 0 spiro atoms. The molecule has 0 amide bonds. The van der Waals surface area contributed by atoms with Crippen LogP contribution >= 0.6 is 0 Å². The third-order valence-electron chi connectivity index (χ3n) is 3.57. The lowest BCUT2D eigenvalue weighted by atomic mass is 10.0. The van der Waals surface area contributed by atoms with E-state index in [1.165, 1.54) is 5.56 Å². The van der Waals surface area contributed by atoms with Gasteiger partial charge in [0.15, 0.2) is 0 Å². The summed E-state index contributed by atoms with van der Waals surface area (Å²) in [5, 5.41) is 9.15. The van der Waals surface area contributed by atoms with Crippen molar-refractivity contribution in [2.45, 2.75) is 26.3 Å². The third-order valence-corrected chi connectivity index (χ3v) is 3.57. The monoisotopic (exact) mass is 244 g/mol. The average molecular weight is 244 g/mol. The first kappa shape index (κ1) is 12.8. The van der Waals surface area contributed by atoms with Crippen molar-refractivity contribution in [2.24, 2.45) is 0 Å². The van der Waals surface area contributed by atoms with E-state index in [4.69, 9.17) is 5.26 Å². The highest BCUT2D eigenvalue weighted by molar-refractivity contribution is 5.41. The lowest BCUT2D eigenvalue weighted by Gasteiger charge is -2.40. The molecule has 4 heteroatoms. The van der Waals surface area contributed by atoms with Gasteiger partial charge in [-0.1, -0.05) is 0 Å². The number of aromatic nitrogens is 1. The number of aryl methyl sites for hydroxylation is 1. The van der Waals surface area contributed by atoms with Gasteiger partial charge in [0.1, 0.15) is 11.4 Å². The Morgan fingerprint density at radius 3 is 2.50 bits per heavy atom. The molecule has 0 unspecified atom stereocenters. The molecule has 2 heterocycles. The Morgan fingerprint density at radius 1 is 1.28 bits per heavy atom. The van der Waals surface area contributed by atoms with Gasteiger partial charge in [0.25, 0.3) is 0 Å². The maximum Gasteiger partial charge on any atom is 0.128 e. The van der Waals surface area contributed by atoms with Gasteiger partial charge in [-0.3, -0.25) is 4.90 Å². The van der Waals surface area contributed by atoms with Crippen molar-refractivity contribution in [3.63, 3.8) is 0 Å². The van der Waals surface area contributed by atoms with Gasteiger partial charge in [-0.25, -0.2) is 4.98 Å². The van der Waals surface area contributed by atoms with Crippen LogP contribution in [0.4, 0.5) is 5.82 Å². The van der Waals surface area contributed by atoms with E-state index in [-0.39, 0.29) is 5.54 Å². The Kier molecular flexibility index (Phi) is 3.53. The minimum Gasteiger partial charge on any atom is -0.354 e. The zero-order chi connectivity index (χ0) is 13.2. The number of hydrogen-bond donors (Lipinski definition) is 0. The van der Waals surface area contributed by atoms with Crippen molar-refractivity contribution < 1.29 is 0 Å². The molecule has 1 aliphatic rings. The van der Waals surface area contributed by atoms with Crippen LogP contribution in [0.15, 0.2) is 18.3 Å². The van der Waals surface area contributed by atoms with Crippen molar-refractivity contribution in [3.8, 4) is 6.07 Å². The Hall–Kier alpha value is -1.60. The summed E-state index contributed by atoms with van der Waals surface area (Å²) in [4.78, 5) is 8.94. The molecule has 96 valence electrons. The lowest BCUT2D eigenvalue weighted by Crippen LogP contribution is -2.54. The fourth-order valence-corrected chi connectivity index (χ4v) is 2.26. The Bertz CT molecular complexity index is 453. The fraction of sp³-hybridized carbons (Fsp3) is 0.571. The molecule has 1 aromatic heterocycles. The number of pyridine rings is 1. The number of piperazine rings is 1. The number of hydrogen-bond acceptors (Lipinski definition) is 4. The van der Waals surface area contributed by atoms with Crippen molar-refractivity contribution in [2.75, 3.05) is 31.1 Å². The summed E-state index contributed by atoms with van der Waals surface area (Å²) in [5.41, 5.74) is 0.867. The molecule has 0 aliphatic carbocycles. The number of nitrogens with zero attached hydrogens (tertiary/aromatic N) is 4. The predicted molar refractivity (Wildman–Crippen MR) is 72.5 cm³/mol. The second-order valence-corrected chi connectivity index (χ2v) is 5.34. The highest BCUT2D eigenvalue weighted by Gasteiger charge is 2.29. The van der Waals surface area contributed by atoms with E-state index in [0.29, 0.717) is 0 Å². The standard InChI is InChI=1S/C14H20N4/c1-12-4-5-16-13(10-12)17-6-8-18(9-7-17)14(2,3)11-15/h4-5,10H,6-9H2,1-3H3. The first-order chi connectivity index (χ1) is 8.53. The maximum atomic E-state index is 9.15. The minimum atomic E-state index is -0.369. The van der Waals surface area contributed by atoms with Crippen LogP contribution in [0.25, 0.3) is 0 Å². The molecule has 0 aromatic carbocycles. The molecule has 4 nitrogen and oxygen atoms in total. The Balaban J connectivity index is 2.01. The van der Waals surface area contributed by atoms with Crippen LogP contribution in [0, 0.1) is 18.3 Å². The Morgan fingerprint density at radius 2 is 1.94 bits per heavy atom. The summed E-state index contributed by atoms with van der Waals surface area (Å²) in [7, 11) is 0. The fourth-order valence-electron chi connectivity index (χ4n) is 2.26. The first-order valence-corrected chi connectivity index (χ1v) is 6.37. The van der Waals surface area contributed by atoms with E-state index in [9.17, 15) is 0 Å². The quantitative estimate of drug-likeness (QED) is 0.796. The van der Waals surface area contributed by atoms with Crippen molar-refractivity contribution in [3.05, 3.63) is 23.9 Å². The summed E-state index contributed by atoms with van der Waals surface area (Å²) in [6, 6.07) is 6.50. The molecule has 0 atom stereocenters. The van der Waals surface area contributed by atoms with Gasteiger partial charge in [0, 0.05) is 32.4 Å². The molecule has 0 bridgehead atoms. The summed E-state index contributed by atoms with van der Waals surface area (Å²) >= 11 is 0. The van der Waals surface area contributed by atoms with Crippen molar-refractivity contribution in [1.82, 2.24) is 9.88 Å². The van der Waals surface area contributed by atoms with Crippen LogP contribution in [0.1, 0.15) is 19.4 Å². The molecule has 0 saturated carbocycles. The summed E-state index contributed by atoms with van der Waals surface area (Å²) in [5.74, 6) is 1.05. The highest BCUT2D eigenvalue weighted by atomic mass is 15.3. The minimum absolute atomic E-state index is 0.369. The summed E-state index contributed by atoms with van der Waals surface area (Å²) < 4.78 is 0. The lowest BCUT2D eigenvalue weighted by molar-refractivity contribution is 0.158. The van der Waals surface area contributed by atoms with Crippen LogP contribution in [0.2, 0.25) is 0 Å². The van der Waals surface area contributed by atoms with Crippen LogP contribution in [0.5, 0.6) is 0 Å². The number of nitriles is 1. The predicted octanol–water partition coefficient (Wildman–Crippen LogP) is 1.81. The SMILES string of the molecule is Cc1ccnc(N2CCN(C(C)(C)C#N)CC2)c1. The van der Waals surface area contributed by atoms with Crippen LogP contribution in [-0.2, 0) is 0 Å². The topological polar surface area (TPSA) is 43.2 Å². The van der Waals surface area contributed by atoms with Gasteiger partial charge >= 0.3 is 0 Å². The average Bonchev–Trinajstić information content (AvgIpc) is 2.39. The molecule has 1 aromatic rings. The molecule has 2 rings (SSSR count). The van der Waals surface area contributed by atoms with E-state index >= 15 is 0 Å². The molecule has 18 heavy (non-hydrogen) atoms. The molecular weight excluding hydrogens is 224 g/mol. The zero-order valence-electron chi connectivity index (χ0n) is 11.3. The van der Waals surface area contributed by atoms with Gasteiger partial charge in [-0.15, -0.1) is 0 Å². The van der Waals surface area contributed by atoms with Crippen LogP contribution in [0.3, 0.4) is 0 Å².